The van der Waals surface area contributed by atoms with E-state index in [2.05, 4.69) is 26.9 Å². The summed E-state index contributed by atoms with van der Waals surface area (Å²) in [5.74, 6) is -2.57. The Bertz CT molecular complexity index is 1580. The van der Waals surface area contributed by atoms with Crippen LogP contribution in [0.2, 0.25) is 0 Å². The van der Waals surface area contributed by atoms with Crippen LogP contribution in [-0.2, 0) is 22.0 Å². The fraction of sp³-hybridized carbons (Fsp3) is 0.379. The average Bonchev–Trinajstić information content (AvgIpc) is 3.48. The normalized spacial score (nSPS) is 22.3. The molecule has 3 N–H and O–H groups in total. The zero-order chi connectivity index (χ0) is 30.7. The Labute approximate surface area is 243 Å². The van der Waals surface area contributed by atoms with E-state index in [-0.39, 0.29) is 41.7 Å². The van der Waals surface area contributed by atoms with Gasteiger partial charge in [0.1, 0.15) is 33.9 Å². The summed E-state index contributed by atoms with van der Waals surface area (Å²) >= 11 is 0. The smallest absolute Gasteiger partial charge is 0.274 e. The molecule has 0 fully saturated rings. The van der Waals surface area contributed by atoms with Crippen molar-refractivity contribution in [1.29, 1.82) is 0 Å². The van der Waals surface area contributed by atoms with Gasteiger partial charge in [-0.05, 0) is 55.5 Å². The SMILES string of the molecule is C=CC1(c2cc(NC(=O)c3ccc(F)cn3)ccc2F)N=C(N)N(C)S(=O)(=O)C1(CCC)CC(CC)Cc1cocn1. The number of sulfonamides is 1. The molecule has 42 heavy (non-hydrogen) atoms. The van der Waals surface area contributed by atoms with Crippen LogP contribution in [0.1, 0.15) is 61.3 Å². The number of amides is 1. The Morgan fingerprint density at radius 1 is 1.24 bits per heavy atom. The molecule has 3 aromatic rings. The Morgan fingerprint density at radius 3 is 2.60 bits per heavy atom. The third-order valence-corrected chi connectivity index (χ3v) is 10.5. The number of hydrogen-bond donors (Lipinski definition) is 2. The Balaban J connectivity index is 1.90. The van der Waals surface area contributed by atoms with Crippen LogP contribution in [0.15, 0.2) is 71.2 Å². The van der Waals surface area contributed by atoms with E-state index in [9.17, 15) is 17.6 Å². The molecule has 13 heteroatoms. The third kappa shape index (κ3) is 5.28. The maximum atomic E-state index is 15.9. The van der Waals surface area contributed by atoms with Crippen LogP contribution in [0.4, 0.5) is 14.5 Å². The molecule has 1 aliphatic heterocycles. The lowest BCUT2D eigenvalue weighted by Crippen LogP contribution is -2.65. The minimum Gasteiger partial charge on any atom is -0.451 e. The first-order valence-corrected chi connectivity index (χ1v) is 15.0. The number of pyridine rings is 1. The highest BCUT2D eigenvalue weighted by molar-refractivity contribution is 7.91. The van der Waals surface area contributed by atoms with Crippen molar-refractivity contribution in [2.45, 2.75) is 56.2 Å². The quantitative estimate of drug-likeness (QED) is 0.302. The van der Waals surface area contributed by atoms with E-state index >= 15 is 4.39 Å². The highest BCUT2D eigenvalue weighted by Gasteiger charge is 2.64. The molecule has 0 saturated heterocycles. The van der Waals surface area contributed by atoms with Crippen molar-refractivity contribution < 1.29 is 26.4 Å². The Hall–Kier alpha value is -4.13. The third-order valence-electron chi connectivity index (χ3n) is 7.88. The molecule has 4 rings (SSSR count). The molecule has 1 aliphatic rings. The molecule has 0 saturated carbocycles. The second-order valence-electron chi connectivity index (χ2n) is 10.3. The van der Waals surface area contributed by atoms with Gasteiger partial charge >= 0.3 is 0 Å². The summed E-state index contributed by atoms with van der Waals surface area (Å²) < 4.78 is 62.5. The van der Waals surface area contributed by atoms with Gasteiger partial charge in [-0.25, -0.2) is 36.5 Å². The van der Waals surface area contributed by atoms with Crippen LogP contribution >= 0.6 is 0 Å². The van der Waals surface area contributed by atoms with Crippen molar-refractivity contribution in [2.24, 2.45) is 16.6 Å². The molecule has 1 aromatic carbocycles. The van der Waals surface area contributed by atoms with Gasteiger partial charge in [0, 0.05) is 18.3 Å². The first-order chi connectivity index (χ1) is 19.9. The Morgan fingerprint density at radius 2 is 2.00 bits per heavy atom. The molecule has 3 atom stereocenters. The summed E-state index contributed by atoms with van der Waals surface area (Å²) in [5, 5.41) is 2.62. The maximum absolute atomic E-state index is 15.9. The van der Waals surface area contributed by atoms with Crippen LogP contribution in [0.3, 0.4) is 0 Å². The molecule has 0 bridgehead atoms. The van der Waals surface area contributed by atoms with E-state index in [4.69, 9.17) is 10.2 Å². The Kier molecular flexibility index (Phi) is 8.81. The lowest BCUT2D eigenvalue weighted by atomic mass is 9.70. The number of carbonyl (C=O) groups excluding carboxylic acids is 1. The summed E-state index contributed by atoms with van der Waals surface area (Å²) in [6, 6.07) is 6.08. The molecule has 0 aliphatic carbocycles. The number of anilines is 1. The number of rotatable bonds is 11. The van der Waals surface area contributed by atoms with Crippen molar-refractivity contribution in [3.05, 3.63) is 90.4 Å². The zero-order valence-corrected chi connectivity index (χ0v) is 24.5. The van der Waals surface area contributed by atoms with E-state index in [0.29, 0.717) is 25.0 Å². The summed E-state index contributed by atoms with van der Waals surface area (Å²) in [6.45, 7) is 7.74. The van der Waals surface area contributed by atoms with Crippen LogP contribution in [0, 0.1) is 17.6 Å². The first kappa shape index (κ1) is 30.8. The highest BCUT2D eigenvalue weighted by Crippen LogP contribution is 2.54. The lowest BCUT2D eigenvalue weighted by Gasteiger charge is -2.52. The molecular formula is C29H34F2N6O4S. The van der Waals surface area contributed by atoms with Gasteiger partial charge in [-0.15, -0.1) is 6.58 Å². The van der Waals surface area contributed by atoms with Crippen LogP contribution in [0.5, 0.6) is 0 Å². The van der Waals surface area contributed by atoms with Gasteiger partial charge in [0.05, 0.1) is 11.9 Å². The van der Waals surface area contributed by atoms with Crippen LogP contribution < -0.4 is 11.1 Å². The number of aliphatic imine (C=N–C) groups is 1. The zero-order valence-electron chi connectivity index (χ0n) is 23.7. The fourth-order valence-corrected chi connectivity index (χ4v) is 8.08. The van der Waals surface area contributed by atoms with Crippen molar-refractivity contribution in [1.82, 2.24) is 14.3 Å². The number of nitrogens with one attached hydrogen (secondary N) is 1. The van der Waals surface area contributed by atoms with E-state index in [1.807, 2.05) is 13.8 Å². The maximum Gasteiger partial charge on any atom is 0.274 e. The van der Waals surface area contributed by atoms with Crippen molar-refractivity contribution in [3.63, 3.8) is 0 Å². The molecule has 1 amide bonds. The van der Waals surface area contributed by atoms with Gasteiger partial charge in [0.25, 0.3) is 5.91 Å². The van der Waals surface area contributed by atoms with Gasteiger partial charge in [0.15, 0.2) is 6.39 Å². The number of guanidine groups is 1. The lowest BCUT2D eigenvalue weighted by molar-refractivity contribution is 0.102. The number of hydrogen-bond acceptors (Lipinski definition) is 8. The molecular weight excluding hydrogens is 566 g/mol. The summed E-state index contributed by atoms with van der Waals surface area (Å²) in [4.78, 5) is 25.5. The van der Waals surface area contributed by atoms with Gasteiger partial charge in [-0.2, -0.15) is 0 Å². The van der Waals surface area contributed by atoms with Crippen molar-refractivity contribution in [3.8, 4) is 0 Å². The molecule has 3 unspecified atom stereocenters. The monoisotopic (exact) mass is 600 g/mol. The number of halogens is 2. The van der Waals surface area contributed by atoms with Crippen molar-refractivity contribution in [2.75, 3.05) is 12.4 Å². The minimum atomic E-state index is -4.26. The predicted molar refractivity (Wildman–Crippen MR) is 155 cm³/mol. The topological polar surface area (TPSA) is 144 Å². The minimum absolute atomic E-state index is 0.0659. The van der Waals surface area contributed by atoms with E-state index in [1.54, 1.807) is 0 Å². The number of benzene rings is 1. The number of nitrogens with zero attached hydrogens (tertiary/aromatic N) is 4. The van der Waals surface area contributed by atoms with Crippen LogP contribution in [0.25, 0.3) is 0 Å². The fourth-order valence-electron chi connectivity index (χ4n) is 5.73. The van der Waals surface area contributed by atoms with E-state index < -0.39 is 37.9 Å². The van der Waals surface area contributed by atoms with E-state index in [1.165, 1.54) is 44.0 Å². The second-order valence-corrected chi connectivity index (χ2v) is 12.6. The number of aromatic nitrogens is 2. The number of carbonyl (C=O) groups is 1. The van der Waals surface area contributed by atoms with Gasteiger partial charge in [-0.3, -0.25) is 4.79 Å². The van der Waals surface area contributed by atoms with Crippen LogP contribution in [-0.4, -0.2) is 46.4 Å². The summed E-state index contributed by atoms with van der Waals surface area (Å²) in [6.07, 6.45) is 6.67. The second kappa shape index (κ2) is 12.0. The van der Waals surface area contributed by atoms with Gasteiger partial charge in [-0.1, -0.05) is 32.8 Å². The van der Waals surface area contributed by atoms with Gasteiger partial charge < -0.3 is 15.5 Å². The largest absolute Gasteiger partial charge is 0.451 e. The molecule has 3 heterocycles. The predicted octanol–water partition coefficient (Wildman–Crippen LogP) is 4.77. The summed E-state index contributed by atoms with van der Waals surface area (Å²) in [7, 11) is -2.94. The highest BCUT2D eigenvalue weighted by atomic mass is 32.2. The molecule has 0 spiro atoms. The van der Waals surface area contributed by atoms with Gasteiger partial charge in [0.2, 0.25) is 16.0 Å². The van der Waals surface area contributed by atoms with Crippen molar-refractivity contribution >= 4 is 27.6 Å². The molecule has 0 radical (unpaired) electrons. The standard InChI is InChI=1S/C29H34F2N6O4S/c1-5-12-28(15-19(6-2)13-22-17-41-18-34-22)29(7-3,36-27(32)37(4)42(28,39)40)23-14-21(9-10-24(23)31)35-26(38)25-11-8-20(30)16-33-25/h7-11,14,16-19H,3,5-6,12-13,15H2,1-2,4H3,(H2,32,36)(H,35,38). The molecule has 224 valence electrons. The first-order valence-electron chi connectivity index (χ1n) is 13.5. The summed E-state index contributed by atoms with van der Waals surface area (Å²) in [5.41, 5.74) is 4.94. The average molecular weight is 601 g/mol. The number of oxazole rings is 1. The number of nitrogens with two attached hydrogens (primary N) is 1. The molecule has 2 aromatic heterocycles. The van der Waals surface area contributed by atoms with E-state index in [0.717, 1.165) is 22.6 Å². The molecule has 10 nitrogen and oxygen atoms in total.